The molecule has 1 saturated heterocycles. The summed E-state index contributed by atoms with van der Waals surface area (Å²) in [6, 6.07) is 5.83. The van der Waals surface area contributed by atoms with Crippen molar-refractivity contribution >= 4 is 17.5 Å². The second kappa shape index (κ2) is 6.86. The summed E-state index contributed by atoms with van der Waals surface area (Å²) in [5, 5.41) is 0.606. The normalized spacial score (nSPS) is 16.8. The Morgan fingerprint density at radius 3 is 2.80 bits per heavy atom. The van der Waals surface area contributed by atoms with Gasteiger partial charge in [-0.3, -0.25) is 9.69 Å². The number of benzene rings is 1. The molecule has 1 aromatic rings. The predicted molar refractivity (Wildman–Crippen MR) is 78.4 cm³/mol. The Labute approximate surface area is 123 Å². The van der Waals surface area contributed by atoms with E-state index in [1.54, 1.807) is 17.0 Å². The van der Waals surface area contributed by atoms with E-state index in [0.29, 0.717) is 30.2 Å². The minimum Gasteiger partial charge on any atom is -0.337 e. The Bertz CT molecular complexity index is 506. The van der Waals surface area contributed by atoms with Crippen molar-refractivity contribution in [3.63, 3.8) is 0 Å². The van der Waals surface area contributed by atoms with E-state index in [1.807, 2.05) is 0 Å². The van der Waals surface area contributed by atoms with Crippen LogP contribution in [0.25, 0.3) is 0 Å². The van der Waals surface area contributed by atoms with E-state index >= 15 is 0 Å². The lowest BCUT2D eigenvalue weighted by Gasteiger charge is -2.21. The van der Waals surface area contributed by atoms with E-state index < -0.39 is 0 Å². The van der Waals surface area contributed by atoms with Gasteiger partial charge in [0.2, 0.25) is 0 Å². The molecule has 0 radical (unpaired) electrons. The number of hydrogen-bond acceptors (Lipinski definition) is 2. The molecule has 5 heteroatoms. The van der Waals surface area contributed by atoms with Crippen LogP contribution in [0.15, 0.2) is 35.9 Å². The molecule has 108 valence electrons. The standard InChI is InChI=1S/C15H18ClFN2O/c1-12(16)11-18-6-3-7-19(9-8-18)15(20)13-4-2-5-14(17)10-13/h2,4-5,10H,1,3,6-9,11H2. The first-order valence-corrected chi connectivity index (χ1v) is 7.04. The molecule has 0 atom stereocenters. The quantitative estimate of drug-likeness (QED) is 0.856. The van der Waals surface area contributed by atoms with Gasteiger partial charge in [-0.15, -0.1) is 0 Å². The van der Waals surface area contributed by atoms with Crippen molar-refractivity contribution in [2.45, 2.75) is 6.42 Å². The molecule has 20 heavy (non-hydrogen) atoms. The minimum absolute atomic E-state index is 0.115. The highest BCUT2D eigenvalue weighted by atomic mass is 35.5. The zero-order chi connectivity index (χ0) is 14.5. The molecule has 0 N–H and O–H groups in total. The van der Waals surface area contributed by atoms with Gasteiger partial charge < -0.3 is 4.90 Å². The van der Waals surface area contributed by atoms with Crippen molar-refractivity contribution in [3.05, 3.63) is 47.3 Å². The van der Waals surface area contributed by atoms with Crippen LogP contribution in [0.4, 0.5) is 4.39 Å². The van der Waals surface area contributed by atoms with Crippen LogP contribution in [-0.2, 0) is 0 Å². The summed E-state index contributed by atoms with van der Waals surface area (Å²) in [6.45, 7) is 7.29. The van der Waals surface area contributed by atoms with E-state index in [1.165, 1.54) is 12.1 Å². The molecule has 1 amide bonds. The number of halogens is 2. The molecule has 1 heterocycles. The van der Waals surface area contributed by atoms with Gasteiger partial charge in [-0.2, -0.15) is 0 Å². The van der Waals surface area contributed by atoms with Gasteiger partial charge in [0.15, 0.2) is 0 Å². The largest absolute Gasteiger partial charge is 0.337 e. The fraction of sp³-hybridized carbons (Fsp3) is 0.400. The lowest BCUT2D eigenvalue weighted by Crippen LogP contribution is -2.35. The average Bonchev–Trinajstić information content (AvgIpc) is 2.63. The van der Waals surface area contributed by atoms with Crippen LogP contribution in [-0.4, -0.2) is 48.4 Å². The van der Waals surface area contributed by atoms with Gasteiger partial charge in [0.1, 0.15) is 5.82 Å². The molecular formula is C15H18ClFN2O. The van der Waals surface area contributed by atoms with Crippen molar-refractivity contribution in [2.24, 2.45) is 0 Å². The Balaban J connectivity index is 1.99. The van der Waals surface area contributed by atoms with Gasteiger partial charge >= 0.3 is 0 Å². The molecule has 0 unspecified atom stereocenters. The van der Waals surface area contributed by atoms with Crippen LogP contribution in [0, 0.1) is 5.82 Å². The van der Waals surface area contributed by atoms with Crippen LogP contribution >= 0.6 is 11.6 Å². The van der Waals surface area contributed by atoms with Gasteiger partial charge in [0.25, 0.3) is 5.91 Å². The summed E-state index contributed by atoms with van der Waals surface area (Å²) in [7, 11) is 0. The first-order chi connectivity index (χ1) is 9.56. The monoisotopic (exact) mass is 296 g/mol. The maximum atomic E-state index is 13.2. The molecule has 0 aromatic heterocycles. The topological polar surface area (TPSA) is 23.6 Å². The summed E-state index contributed by atoms with van der Waals surface area (Å²) in [6.07, 6.45) is 0.880. The summed E-state index contributed by atoms with van der Waals surface area (Å²) in [5.74, 6) is -0.498. The molecule has 1 aliphatic heterocycles. The fourth-order valence-electron chi connectivity index (χ4n) is 2.38. The molecule has 3 nitrogen and oxygen atoms in total. The molecule has 2 rings (SSSR count). The molecule has 1 fully saturated rings. The predicted octanol–water partition coefficient (Wildman–Crippen LogP) is 2.73. The van der Waals surface area contributed by atoms with Gasteiger partial charge in [0.05, 0.1) is 0 Å². The number of amides is 1. The summed E-state index contributed by atoms with van der Waals surface area (Å²) in [5.41, 5.74) is 0.403. The Morgan fingerprint density at radius 1 is 1.30 bits per heavy atom. The Kier molecular flexibility index (Phi) is 5.15. The van der Waals surface area contributed by atoms with Gasteiger partial charge in [-0.1, -0.05) is 24.2 Å². The van der Waals surface area contributed by atoms with Crippen LogP contribution in [0.1, 0.15) is 16.8 Å². The molecule has 1 aromatic carbocycles. The zero-order valence-corrected chi connectivity index (χ0v) is 12.1. The number of rotatable bonds is 3. The first-order valence-electron chi connectivity index (χ1n) is 6.67. The third kappa shape index (κ3) is 4.05. The second-order valence-electron chi connectivity index (χ2n) is 4.95. The van der Waals surface area contributed by atoms with E-state index in [9.17, 15) is 9.18 Å². The molecule has 1 aliphatic rings. The van der Waals surface area contributed by atoms with Crippen LogP contribution in [0.5, 0.6) is 0 Å². The first kappa shape index (κ1) is 15.0. The number of carbonyl (C=O) groups excluding carboxylic acids is 1. The van der Waals surface area contributed by atoms with Gasteiger partial charge in [-0.25, -0.2) is 4.39 Å². The fourth-order valence-corrected chi connectivity index (χ4v) is 2.55. The van der Waals surface area contributed by atoms with Gasteiger partial charge in [-0.05, 0) is 24.6 Å². The van der Waals surface area contributed by atoms with E-state index in [-0.39, 0.29) is 11.7 Å². The lowest BCUT2D eigenvalue weighted by molar-refractivity contribution is 0.0761. The van der Waals surface area contributed by atoms with Crippen molar-refractivity contribution in [3.8, 4) is 0 Å². The molecule has 0 saturated carbocycles. The summed E-state index contributed by atoms with van der Waals surface area (Å²) >= 11 is 5.82. The van der Waals surface area contributed by atoms with Crippen LogP contribution < -0.4 is 0 Å². The van der Waals surface area contributed by atoms with E-state index in [0.717, 1.165) is 19.5 Å². The number of carbonyl (C=O) groups is 1. The van der Waals surface area contributed by atoms with Crippen molar-refractivity contribution in [2.75, 3.05) is 32.7 Å². The third-order valence-electron chi connectivity index (χ3n) is 3.34. The highest BCUT2D eigenvalue weighted by Gasteiger charge is 2.20. The minimum atomic E-state index is -0.384. The van der Waals surface area contributed by atoms with Crippen molar-refractivity contribution in [1.29, 1.82) is 0 Å². The average molecular weight is 297 g/mol. The lowest BCUT2D eigenvalue weighted by atomic mass is 10.2. The zero-order valence-electron chi connectivity index (χ0n) is 11.3. The Morgan fingerprint density at radius 2 is 2.10 bits per heavy atom. The summed E-state index contributed by atoms with van der Waals surface area (Å²) < 4.78 is 13.2. The molecule has 0 bridgehead atoms. The van der Waals surface area contributed by atoms with E-state index in [4.69, 9.17) is 11.6 Å². The maximum Gasteiger partial charge on any atom is 0.254 e. The van der Waals surface area contributed by atoms with Crippen LogP contribution in [0.3, 0.4) is 0 Å². The van der Waals surface area contributed by atoms with Crippen molar-refractivity contribution < 1.29 is 9.18 Å². The molecule has 0 spiro atoms. The third-order valence-corrected chi connectivity index (χ3v) is 3.46. The number of hydrogen-bond donors (Lipinski definition) is 0. The van der Waals surface area contributed by atoms with Gasteiger partial charge in [0, 0.05) is 43.3 Å². The second-order valence-corrected chi connectivity index (χ2v) is 5.48. The smallest absolute Gasteiger partial charge is 0.254 e. The Hall–Kier alpha value is -1.39. The van der Waals surface area contributed by atoms with Crippen LogP contribution in [0.2, 0.25) is 0 Å². The van der Waals surface area contributed by atoms with E-state index in [2.05, 4.69) is 11.5 Å². The van der Waals surface area contributed by atoms with Crippen molar-refractivity contribution in [1.82, 2.24) is 9.80 Å². The molecule has 0 aliphatic carbocycles. The number of nitrogens with zero attached hydrogens (tertiary/aromatic N) is 2. The summed E-state index contributed by atoms with van der Waals surface area (Å²) in [4.78, 5) is 16.3. The highest BCUT2D eigenvalue weighted by molar-refractivity contribution is 6.29. The maximum absolute atomic E-state index is 13.2. The highest BCUT2D eigenvalue weighted by Crippen LogP contribution is 2.12. The SMILES string of the molecule is C=C(Cl)CN1CCCN(C(=O)c2cccc(F)c2)CC1. The molecular weight excluding hydrogens is 279 g/mol.